The van der Waals surface area contributed by atoms with Gasteiger partial charge < -0.3 is 19.9 Å². The summed E-state index contributed by atoms with van der Waals surface area (Å²) in [5, 5.41) is 11.7. The third kappa shape index (κ3) is 10.9. The number of hydrogen-bond acceptors (Lipinski definition) is 7. The first-order valence-corrected chi connectivity index (χ1v) is 17.6. The van der Waals surface area contributed by atoms with Crippen LogP contribution in [0, 0.1) is 5.92 Å². The van der Waals surface area contributed by atoms with Crippen LogP contribution < -0.4 is 14.8 Å². The minimum absolute atomic E-state index is 0.0426. The lowest BCUT2D eigenvalue weighted by Crippen LogP contribution is -2.24. The van der Waals surface area contributed by atoms with Gasteiger partial charge >= 0.3 is 12.6 Å². The number of alkyl halides is 2. The van der Waals surface area contributed by atoms with E-state index in [0.717, 1.165) is 37.7 Å². The van der Waals surface area contributed by atoms with Crippen LogP contribution >= 0.6 is 23.2 Å². The van der Waals surface area contributed by atoms with E-state index in [1.165, 1.54) is 30.6 Å². The highest BCUT2D eigenvalue weighted by Crippen LogP contribution is 2.38. The molecule has 1 fully saturated rings. The number of nitrogens with one attached hydrogen (secondary N) is 1. The first-order chi connectivity index (χ1) is 24.8. The molecule has 2 aliphatic carbocycles. The number of ether oxygens (including phenoxy) is 2. The van der Waals surface area contributed by atoms with Crippen molar-refractivity contribution in [3.05, 3.63) is 104 Å². The molecule has 0 bridgehead atoms. The molecule has 1 amide bonds. The van der Waals surface area contributed by atoms with Gasteiger partial charge in [0.15, 0.2) is 23.1 Å². The van der Waals surface area contributed by atoms with Crippen LogP contribution in [0.5, 0.6) is 11.5 Å². The van der Waals surface area contributed by atoms with Gasteiger partial charge in [0.2, 0.25) is 0 Å². The molecule has 0 spiro atoms. The number of aliphatic carboxylic acids is 1. The number of anilines is 1. The van der Waals surface area contributed by atoms with Crippen molar-refractivity contribution in [3.63, 3.8) is 0 Å². The molecule has 1 heterocycles. The Bertz CT molecular complexity index is 1840. The molecule has 2 N–H and O–H groups in total. The second-order valence-electron chi connectivity index (χ2n) is 12.6. The highest BCUT2D eigenvalue weighted by atomic mass is 35.5. The Kier molecular flexibility index (Phi) is 14.5. The zero-order valence-electron chi connectivity index (χ0n) is 29.0. The van der Waals surface area contributed by atoms with Crippen LogP contribution in [-0.4, -0.2) is 46.8 Å². The summed E-state index contributed by atoms with van der Waals surface area (Å²) in [5.41, 5.74) is 3.61. The average Bonchev–Trinajstić information content (AvgIpc) is 3.95. The number of carbonyl (C=O) groups is 4. The van der Waals surface area contributed by atoms with Gasteiger partial charge in [0, 0.05) is 52.6 Å². The molecule has 5 rings (SSSR count). The van der Waals surface area contributed by atoms with Crippen molar-refractivity contribution < 1.29 is 42.5 Å². The summed E-state index contributed by atoms with van der Waals surface area (Å²) in [4.78, 5) is 52.4. The number of hydrogen-bond donors (Lipinski definition) is 2. The number of benzene rings is 2. The summed E-state index contributed by atoms with van der Waals surface area (Å²) in [5.74, 6) is -1.19. The lowest BCUT2D eigenvalue weighted by atomic mass is 9.76. The molecule has 1 saturated carbocycles. The van der Waals surface area contributed by atoms with Crippen LogP contribution in [0.15, 0.2) is 83.2 Å². The lowest BCUT2D eigenvalue weighted by Gasteiger charge is -2.26. The number of aromatic nitrogens is 1. The van der Waals surface area contributed by atoms with Crippen LogP contribution in [0.1, 0.15) is 87.6 Å². The fraction of sp³-hybridized carbons (Fsp3) is 0.359. The van der Waals surface area contributed by atoms with E-state index in [9.17, 15) is 28.0 Å². The van der Waals surface area contributed by atoms with Gasteiger partial charge in [-0.2, -0.15) is 8.78 Å². The van der Waals surface area contributed by atoms with Crippen LogP contribution in [0.3, 0.4) is 0 Å². The molecule has 3 aromatic rings. The number of Topliss-reactive ketones (excluding diaryl/α,β-unsaturated/α-hetero) is 2. The van der Waals surface area contributed by atoms with Gasteiger partial charge in [-0.25, -0.2) is 0 Å². The summed E-state index contributed by atoms with van der Waals surface area (Å²) in [6.07, 6.45) is 7.86. The fourth-order valence-electron chi connectivity index (χ4n) is 5.66. The number of allylic oxidation sites excluding steroid dienone is 4. The number of pyridine rings is 1. The van der Waals surface area contributed by atoms with Crippen LogP contribution in [0.4, 0.5) is 14.5 Å². The topological polar surface area (TPSA) is 132 Å². The van der Waals surface area contributed by atoms with E-state index in [-0.39, 0.29) is 56.7 Å². The zero-order valence-corrected chi connectivity index (χ0v) is 30.5. The van der Waals surface area contributed by atoms with E-state index in [0.29, 0.717) is 41.2 Å². The number of carboxylic acids is 1. The van der Waals surface area contributed by atoms with Crippen molar-refractivity contribution in [1.29, 1.82) is 0 Å². The Morgan fingerprint density at radius 1 is 0.904 bits per heavy atom. The number of halogens is 4. The fourth-order valence-corrected chi connectivity index (χ4v) is 6.12. The molecule has 52 heavy (non-hydrogen) atoms. The molecule has 1 atom stereocenters. The quantitative estimate of drug-likeness (QED) is 0.116. The second kappa shape index (κ2) is 18.8. The number of carbonyl (C=O) groups excluding carboxylic acids is 3. The van der Waals surface area contributed by atoms with E-state index in [4.69, 9.17) is 33.0 Å². The van der Waals surface area contributed by atoms with Gasteiger partial charge in [0.05, 0.1) is 22.3 Å². The summed E-state index contributed by atoms with van der Waals surface area (Å²) in [6, 6.07) is 13.7. The first kappa shape index (κ1) is 40.2. The molecule has 13 heteroatoms. The summed E-state index contributed by atoms with van der Waals surface area (Å²) in [7, 11) is 0. The summed E-state index contributed by atoms with van der Waals surface area (Å²) < 4.78 is 35.1. The minimum atomic E-state index is -2.99. The Hall–Kier alpha value is -4.61. The predicted molar refractivity (Wildman–Crippen MR) is 194 cm³/mol. The van der Waals surface area contributed by atoms with Gasteiger partial charge in [-0.1, -0.05) is 66.4 Å². The van der Waals surface area contributed by atoms with Crippen molar-refractivity contribution in [2.75, 3.05) is 11.9 Å². The molecule has 1 aromatic heterocycles. The number of amides is 1. The van der Waals surface area contributed by atoms with Crippen molar-refractivity contribution >= 4 is 52.3 Å². The van der Waals surface area contributed by atoms with E-state index < -0.39 is 18.5 Å². The highest BCUT2D eigenvalue weighted by molar-refractivity contribution is 6.39. The van der Waals surface area contributed by atoms with E-state index in [1.807, 2.05) is 30.3 Å². The van der Waals surface area contributed by atoms with Crippen molar-refractivity contribution in [3.8, 4) is 11.5 Å². The number of carboxylic acid groups (broad SMARTS) is 1. The normalized spacial score (nSPS) is 14.9. The molecule has 9 nitrogen and oxygen atoms in total. The largest absolute Gasteiger partial charge is 0.489 e. The van der Waals surface area contributed by atoms with Gasteiger partial charge in [0.25, 0.3) is 5.91 Å². The lowest BCUT2D eigenvalue weighted by molar-refractivity contribution is -0.137. The molecular weight excluding hydrogens is 717 g/mol. The standard InChI is InChI=1S/C22H26O4.C17H14Cl2F2N2O3/c1-14-15(2)22(26)20(16(3)21(14)25)18(17-10-6-4-7-11-17)12-8-5-9-13-19(23)24;18-11-6-22-7-12(19)15(11)23-16(24)10-3-4-13(26-17(20)21)14(5-10)25-8-9-1-2-9/h4,6-7,10-11,18H,5,8-9,12-13H2,1-3H3,(H,23,24);3-7,9,17H,1-2,8H2,(H,22,23,24). The van der Waals surface area contributed by atoms with E-state index in [1.54, 1.807) is 20.8 Å². The first-order valence-electron chi connectivity index (χ1n) is 16.8. The summed E-state index contributed by atoms with van der Waals surface area (Å²) in [6.45, 7) is 2.56. The number of ketones is 2. The number of rotatable bonds is 15. The second-order valence-corrected chi connectivity index (χ2v) is 13.4. The SMILES string of the molecule is CC1=C(C)C(=O)C(C(CCCCCC(=O)O)c2ccccc2)=C(C)C1=O.O=C(Nc1c(Cl)cncc1Cl)c1ccc(OC(F)F)c(OCC2CC2)c1. The predicted octanol–water partition coefficient (Wildman–Crippen LogP) is 9.64. The molecule has 0 saturated heterocycles. The Morgan fingerprint density at radius 3 is 2.17 bits per heavy atom. The molecule has 276 valence electrons. The van der Waals surface area contributed by atoms with Crippen molar-refractivity contribution in [2.45, 2.75) is 78.2 Å². The minimum Gasteiger partial charge on any atom is -0.489 e. The average molecular weight is 758 g/mol. The van der Waals surface area contributed by atoms with Gasteiger partial charge in [-0.15, -0.1) is 0 Å². The van der Waals surface area contributed by atoms with Gasteiger partial charge in [-0.05, 0) is 76.1 Å². The highest BCUT2D eigenvalue weighted by Gasteiger charge is 2.33. The Morgan fingerprint density at radius 2 is 1.56 bits per heavy atom. The van der Waals surface area contributed by atoms with Crippen LogP contribution in [0.2, 0.25) is 10.0 Å². The monoisotopic (exact) mass is 756 g/mol. The smallest absolute Gasteiger partial charge is 0.387 e. The number of nitrogens with zero attached hydrogens (tertiary/aromatic N) is 1. The summed E-state index contributed by atoms with van der Waals surface area (Å²) >= 11 is 12.0. The maximum Gasteiger partial charge on any atom is 0.387 e. The van der Waals surface area contributed by atoms with Gasteiger partial charge in [-0.3, -0.25) is 24.2 Å². The molecule has 2 aliphatic rings. The number of unbranched alkanes of at least 4 members (excludes halogenated alkanes) is 2. The Labute approximate surface area is 311 Å². The van der Waals surface area contributed by atoms with Crippen molar-refractivity contribution in [2.24, 2.45) is 5.92 Å². The van der Waals surface area contributed by atoms with Crippen molar-refractivity contribution in [1.82, 2.24) is 4.98 Å². The third-order valence-corrected chi connectivity index (χ3v) is 9.43. The van der Waals surface area contributed by atoms with E-state index >= 15 is 0 Å². The van der Waals surface area contributed by atoms with Crippen LogP contribution in [-0.2, 0) is 14.4 Å². The third-order valence-electron chi connectivity index (χ3n) is 8.85. The van der Waals surface area contributed by atoms with Gasteiger partial charge in [0.1, 0.15) is 0 Å². The Balaban J connectivity index is 0.000000233. The molecule has 0 radical (unpaired) electrons. The maximum absolute atomic E-state index is 12.9. The molecule has 0 aliphatic heterocycles. The van der Waals surface area contributed by atoms with E-state index in [2.05, 4.69) is 15.0 Å². The molecule has 1 unspecified atom stereocenters. The zero-order chi connectivity index (χ0) is 37.9. The van der Waals surface area contributed by atoms with Crippen LogP contribution in [0.25, 0.3) is 0 Å². The molecular formula is C39H40Cl2F2N2O7. The maximum atomic E-state index is 12.9. The molecule has 2 aromatic carbocycles.